The minimum atomic E-state index is 0.689. The Morgan fingerprint density at radius 1 is 0.882 bits per heavy atom. The molecule has 0 aromatic carbocycles. The fraction of sp³-hybridized carbons (Fsp3) is 0.875. The minimum Gasteiger partial charge on any atom is -0.317 e. The molecule has 0 heterocycles. The first kappa shape index (κ1) is 16.7. The first-order chi connectivity index (χ1) is 8.31. The van der Waals surface area contributed by atoms with Crippen LogP contribution >= 0.6 is 0 Å². The van der Waals surface area contributed by atoms with E-state index in [1.54, 1.807) is 6.08 Å². The summed E-state index contributed by atoms with van der Waals surface area (Å²) in [5.74, 6) is 0. The van der Waals surface area contributed by atoms with Crippen molar-refractivity contribution in [1.29, 1.82) is 0 Å². The van der Waals surface area contributed by atoms with Crippen LogP contribution in [0.2, 0.25) is 0 Å². The predicted octanol–water partition coefficient (Wildman–Crippen LogP) is 4.87. The lowest BCUT2D eigenvalue weighted by atomic mass is 10.0. The fourth-order valence-corrected chi connectivity index (χ4v) is 2.09. The second-order valence-electron chi connectivity index (χ2n) is 5.18. The molecule has 0 aliphatic heterocycles. The molecule has 0 bridgehead atoms. The Balaban J connectivity index is 2.96. The van der Waals surface area contributed by atoms with Gasteiger partial charge in [0.1, 0.15) is 0 Å². The normalized spacial score (nSPS) is 12.6. The summed E-state index contributed by atoms with van der Waals surface area (Å²) in [6.45, 7) is 7.60. The monoisotopic (exact) mass is 238 g/mol. The molecule has 1 atom stereocenters. The Morgan fingerprint density at radius 3 is 1.82 bits per heavy atom. The zero-order valence-electron chi connectivity index (χ0n) is 12.0. The molecule has 0 spiro atoms. The zero-order chi connectivity index (χ0) is 12.8. The Morgan fingerprint density at radius 2 is 1.35 bits per heavy atom. The lowest BCUT2D eigenvalue weighted by molar-refractivity contribution is 0.503. The molecule has 0 aliphatic carbocycles. The van der Waals surface area contributed by atoms with Crippen molar-refractivity contribution in [2.24, 2.45) is 0 Å². The molecule has 0 saturated heterocycles. The summed E-state index contributed by atoms with van der Waals surface area (Å²) in [6.07, 6.45) is 16.7. The molecule has 0 amide bonds. The lowest BCUT2D eigenvalue weighted by Crippen LogP contribution is -2.20. The highest BCUT2D eigenvalue weighted by molar-refractivity contribution is 4.61. The van der Waals surface area contributed by atoms with Crippen LogP contribution in [0.3, 0.4) is 0 Å². The molecule has 0 aromatic heterocycles. The first-order valence-corrected chi connectivity index (χ1v) is 7.52. The molecule has 17 heavy (non-hydrogen) atoms. The second kappa shape index (κ2) is 13.8. The molecule has 0 fully saturated rings. The van der Waals surface area contributed by atoms with Crippen molar-refractivity contribution in [3.05, 3.63) is 12.7 Å². The van der Waals surface area contributed by atoms with E-state index < -0.39 is 0 Å². The quantitative estimate of drug-likeness (QED) is 0.451. The molecule has 1 nitrogen and oxygen atoms in total. The van der Waals surface area contributed by atoms with E-state index in [1.807, 2.05) is 7.05 Å². The third-order valence-corrected chi connectivity index (χ3v) is 3.50. The molecule has 1 heteroatoms. The van der Waals surface area contributed by atoms with Gasteiger partial charge in [0.25, 0.3) is 0 Å². The van der Waals surface area contributed by atoms with Crippen molar-refractivity contribution in [1.82, 2.24) is 5.32 Å². The Hall–Kier alpha value is -0.300. The van der Waals surface area contributed by atoms with E-state index in [0.29, 0.717) is 6.04 Å². The first-order valence-electron chi connectivity index (χ1n) is 7.52. The van der Waals surface area contributed by atoms with Crippen LogP contribution in [0.5, 0.6) is 0 Å². The molecular weight excluding hydrogens is 206 g/mol. The van der Waals surface area contributed by atoms with E-state index in [0.717, 1.165) is 6.42 Å². The van der Waals surface area contributed by atoms with Crippen LogP contribution in [-0.4, -0.2) is 13.1 Å². The van der Waals surface area contributed by atoms with Gasteiger partial charge in [0, 0.05) is 6.04 Å². The lowest BCUT2D eigenvalue weighted by Gasteiger charge is -2.08. The summed E-state index contributed by atoms with van der Waals surface area (Å²) in [6, 6.07) is 0.689. The third kappa shape index (κ3) is 13.6. The van der Waals surface area contributed by atoms with E-state index in [9.17, 15) is 0 Å². The van der Waals surface area contributed by atoms with Gasteiger partial charge in [-0.1, -0.05) is 64.0 Å². The SMILES string of the molecule is [CH]=CCCCCCCCCCCCC(C)NC. The Bertz CT molecular complexity index is 154. The second-order valence-corrected chi connectivity index (χ2v) is 5.18. The predicted molar refractivity (Wildman–Crippen MR) is 78.2 cm³/mol. The minimum absolute atomic E-state index is 0.689. The molecule has 1 unspecified atom stereocenters. The Kier molecular flexibility index (Phi) is 13.5. The van der Waals surface area contributed by atoms with Crippen molar-refractivity contribution in [3.63, 3.8) is 0 Å². The maximum Gasteiger partial charge on any atom is 0.00357 e. The van der Waals surface area contributed by atoms with Crippen LogP contribution in [-0.2, 0) is 0 Å². The summed E-state index contributed by atoms with van der Waals surface area (Å²) in [5.41, 5.74) is 0. The highest BCUT2D eigenvalue weighted by atomic mass is 14.8. The van der Waals surface area contributed by atoms with Crippen LogP contribution in [0.1, 0.15) is 77.6 Å². The molecule has 1 radical (unpaired) electrons. The van der Waals surface area contributed by atoms with Gasteiger partial charge in [0.2, 0.25) is 0 Å². The number of allylic oxidation sites excluding steroid dienone is 1. The van der Waals surface area contributed by atoms with E-state index in [1.165, 1.54) is 64.2 Å². The fourth-order valence-electron chi connectivity index (χ4n) is 2.09. The van der Waals surface area contributed by atoms with E-state index >= 15 is 0 Å². The van der Waals surface area contributed by atoms with Crippen LogP contribution < -0.4 is 5.32 Å². The average Bonchev–Trinajstić information content (AvgIpc) is 2.35. The largest absolute Gasteiger partial charge is 0.317 e. The number of rotatable bonds is 13. The highest BCUT2D eigenvalue weighted by Crippen LogP contribution is 2.11. The van der Waals surface area contributed by atoms with Gasteiger partial charge < -0.3 is 5.32 Å². The van der Waals surface area contributed by atoms with E-state index in [4.69, 9.17) is 6.58 Å². The van der Waals surface area contributed by atoms with E-state index in [2.05, 4.69) is 12.2 Å². The van der Waals surface area contributed by atoms with Gasteiger partial charge in [0.15, 0.2) is 0 Å². The standard InChI is InChI=1S/C16H32N/c1-4-5-6-7-8-9-10-11-12-13-14-15-16(2)17-3/h1,4,16-17H,5-15H2,2-3H3. The number of nitrogens with one attached hydrogen (secondary N) is 1. The molecule has 0 aromatic rings. The van der Waals surface area contributed by atoms with Crippen molar-refractivity contribution in [3.8, 4) is 0 Å². The summed E-state index contributed by atoms with van der Waals surface area (Å²) < 4.78 is 0. The molecule has 0 aliphatic rings. The van der Waals surface area contributed by atoms with Crippen molar-refractivity contribution >= 4 is 0 Å². The summed E-state index contributed by atoms with van der Waals surface area (Å²) in [5, 5.41) is 3.29. The summed E-state index contributed by atoms with van der Waals surface area (Å²) >= 11 is 0. The molecular formula is C16H32N. The Labute approximate surface area is 109 Å². The average molecular weight is 238 g/mol. The maximum absolute atomic E-state index is 5.34. The number of hydrogen-bond donors (Lipinski definition) is 1. The topological polar surface area (TPSA) is 12.0 Å². The summed E-state index contributed by atoms with van der Waals surface area (Å²) in [4.78, 5) is 0. The van der Waals surface area contributed by atoms with Crippen LogP contribution in [0.15, 0.2) is 6.08 Å². The molecule has 0 rings (SSSR count). The van der Waals surface area contributed by atoms with Crippen molar-refractivity contribution in [2.45, 2.75) is 83.6 Å². The van der Waals surface area contributed by atoms with Crippen LogP contribution in [0.25, 0.3) is 0 Å². The van der Waals surface area contributed by atoms with Crippen molar-refractivity contribution in [2.75, 3.05) is 7.05 Å². The molecule has 101 valence electrons. The smallest absolute Gasteiger partial charge is 0.00357 e. The van der Waals surface area contributed by atoms with Gasteiger partial charge in [-0.2, -0.15) is 0 Å². The maximum atomic E-state index is 5.34. The van der Waals surface area contributed by atoms with Gasteiger partial charge in [-0.25, -0.2) is 0 Å². The van der Waals surface area contributed by atoms with Gasteiger partial charge in [-0.15, -0.1) is 0 Å². The van der Waals surface area contributed by atoms with Crippen LogP contribution in [0, 0.1) is 6.58 Å². The zero-order valence-corrected chi connectivity index (χ0v) is 12.0. The third-order valence-electron chi connectivity index (χ3n) is 3.50. The molecule has 0 saturated carbocycles. The van der Waals surface area contributed by atoms with Gasteiger partial charge in [0.05, 0.1) is 0 Å². The van der Waals surface area contributed by atoms with Crippen LogP contribution in [0.4, 0.5) is 0 Å². The number of hydrogen-bond acceptors (Lipinski definition) is 1. The van der Waals surface area contributed by atoms with Gasteiger partial charge in [-0.3, -0.25) is 0 Å². The summed E-state index contributed by atoms with van der Waals surface area (Å²) in [7, 11) is 2.05. The van der Waals surface area contributed by atoms with Gasteiger partial charge in [-0.05, 0) is 33.2 Å². The van der Waals surface area contributed by atoms with Gasteiger partial charge >= 0.3 is 0 Å². The van der Waals surface area contributed by atoms with Crippen molar-refractivity contribution < 1.29 is 0 Å². The van der Waals surface area contributed by atoms with E-state index in [-0.39, 0.29) is 0 Å². The number of unbranched alkanes of at least 4 members (excludes halogenated alkanes) is 9. The highest BCUT2D eigenvalue weighted by Gasteiger charge is 1.97. The molecule has 1 N–H and O–H groups in total.